The zero-order valence-corrected chi connectivity index (χ0v) is 14.5. The number of hydrogen-bond donors (Lipinski definition) is 1. The SMILES string of the molecule is Cc1nc(-c2ccccc2)ccc1C(=O)N1CC(C)CC(C(=O)O)C1. The van der Waals surface area contributed by atoms with E-state index < -0.39 is 11.9 Å². The number of piperidine rings is 1. The average Bonchev–Trinajstić information content (AvgIpc) is 2.61. The van der Waals surface area contributed by atoms with E-state index in [1.54, 1.807) is 11.0 Å². The van der Waals surface area contributed by atoms with Crippen LogP contribution in [0.2, 0.25) is 0 Å². The minimum Gasteiger partial charge on any atom is -0.481 e. The third kappa shape index (κ3) is 3.71. The highest BCUT2D eigenvalue weighted by atomic mass is 16.4. The predicted octanol–water partition coefficient (Wildman–Crippen LogP) is 3.24. The van der Waals surface area contributed by atoms with Gasteiger partial charge in [0, 0.05) is 18.7 Å². The molecule has 1 aliphatic rings. The topological polar surface area (TPSA) is 70.5 Å². The molecule has 0 spiro atoms. The molecular formula is C20H22N2O3. The third-order valence-corrected chi connectivity index (χ3v) is 4.68. The van der Waals surface area contributed by atoms with E-state index in [2.05, 4.69) is 4.98 Å². The van der Waals surface area contributed by atoms with E-state index in [1.165, 1.54) is 0 Å². The van der Waals surface area contributed by atoms with Gasteiger partial charge in [0.05, 0.1) is 22.9 Å². The summed E-state index contributed by atoms with van der Waals surface area (Å²) in [4.78, 5) is 30.4. The summed E-state index contributed by atoms with van der Waals surface area (Å²) in [6, 6.07) is 13.4. The molecule has 1 aliphatic heterocycles. The summed E-state index contributed by atoms with van der Waals surface area (Å²) in [6.45, 7) is 4.65. The van der Waals surface area contributed by atoms with Gasteiger partial charge in [-0.25, -0.2) is 0 Å². The Morgan fingerprint density at radius 3 is 2.48 bits per heavy atom. The number of carbonyl (C=O) groups is 2. The first-order valence-electron chi connectivity index (χ1n) is 8.51. The van der Waals surface area contributed by atoms with E-state index in [-0.39, 0.29) is 18.4 Å². The van der Waals surface area contributed by atoms with Gasteiger partial charge in [-0.3, -0.25) is 14.6 Å². The van der Waals surface area contributed by atoms with E-state index in [0.717, 1.165) is 11.3 Å². The Kier molecular flexibility index (Phi) is 4.83. The molecule has 1 aromatic heterocycles. The number of aryl methyl sites for hydroxylation is 1. The monoisotopic (exact) mass is 338 g/mol. The molecule has 2 aromatic rings. The minimum absolute atomic E-state index is 0.137. The molecule has 5 nitrogen and oxygen atoms in total. The maximum atomic E-state index is 12.9. The van der Waals surface area contributed by atoms with Crippen LogP contribution in [0.1, 0.15) is 29.4 Å². The number of carboxylic acid groups (broad SMARTS) is 1. The molecule has 1 N–H and O–H groups in total. The number of amides is 1. The van der Waals surface area contributed by atoms with Gasteiger partial charge in [-0.05, 0) is 31.4 Å². The zero-order valence-electron chi connectivity index (χ0n) is 14.5. The quantitative estimate of drug-likeness (QED) is 0.933. The standard InChI is InChI=1S/C20H22N2O3/c1-13-10-16(20(24)25)12-22(11-13)19(23)17-8-9-18(21-14(17)2)15-6-4-3-5-7-15/h3-9,13,16H,10-12H2,1-2H3,(H,24,25). The molecular weight excluding hydrogens is 316 g/mol. The van der Waals surface area contributed by atoms with Gasteiger partial charge < -0.3 is 10.0 Å². The normalized spacial score (nSPS) is 20.3. The predicted molar refractivity (Wildman–Crippen MR) is 95.2 cm³/mol. The van der Waals surface area contributed by atoms with Crippen molar-refractivity contribution in [2.45, 2.75) is 20.3 Å². The molecule has 2 atom stereocenters. The van der Waals surface area contributed by atoms with Crippen molar-refractivity contribution in [2.75, 3.05) is 13.1 Å². The zero-order chi connectivity index (χ0) is 18.0. The van der Waals surface area contributed by atoms with Gasteiger partial charge in [-0.1, -0.05) is 37.3 Å². The van der Waals surface area contributed by atoms with Gasteiger partial charge in [0.1, 0.15) is 0 Å². The Bertz CT molecular complexity index is 789. The second-order valence-corrected chi connectivity index (χ2v) is 6.78. The number of benzene rings is 1. The second-order valence-electron chi connectivity index (χ2n) is 6.78. The number of nitrogens with zero attached hydrogens (tertiary/aromatic N) is 2. The number of aliphatic carboxylic acids is 1. The van der Waals surface area contributed by atoms with E-state index in [9.17, 15) is 14.7 Å². The molecule has 0 radical (unpaired) electrons. The van der Waals surface area contributed by atoms with Crippen LogP contribution < -0.4 is 0 Å². The number of likely N-dealkylation sites (tertiary alicyclic amines) is 1. The fourth-order valence-corrected chi connectivity index (χ4v) is 3.42. The van der Waals surface area contributed by atoms with Crippen LogP contribution in [0.4, 0.5) is 0 Å². The van der Waals surface area contributed by atoms with Crippen molar-refractivity contribution in [2.24, 2.45) is 11.8 Å². The molecule has 1 saturated heterocycles. The van der Waals surface area contributed by atoms with E-state index >= 15 is 0 Å². The lowest BCUT2D eigenvalue weighted by Crippen LogP contribution is -2.45. The highest BCUT2D eigenvalue weighted by molar-refractivity contribution is 5.96. The van der Waals surface area contributed by atoms with Gasteiger partial charge in [-0.15, -0.1) is 0 Å². The first-order valence-corrected chi connectivity index (χ1v) is 8.51. The second kappa shape index (κ2) is 7.05. The fraction of sp³-hybridized carbons (Fsp3) is 0.350. The summed E-state index contributed by atoms with van der Waals surface area (Å²) in [5.74, 6) is -1.29. The molecule has 1 fully saturated rings. The Hall–Kier alpha value is -2.69. The Morgan fingerprint density at radius 2 is 1.84 bits per heavy atom. The van der Waals surface area contributed by atoms with E-state index in [1.807, 2.05) is 50.2 Å². The molecule has 2 heterocycles. The van der Waals surface area contributed by atoms with Gasteiger partial charge in [0.2, 0.25) is 0 Å². The van der Waals surface area contributed by atoms with Gasteiger partial charge in [0.25, 0.3) is 5.91 Å². The lowest BCUT2D eigenvalue weighted by Gasteiger charge is -2.34. The van der Waals surface area contributed by atoms with Crippen LogP contribution >= 0.6 is 0 Å². The minimum atomic E-state index is -0.835. The number of carbonyl (C=O) groups excluding carboxylic acids is 1. The van der Waals surface area contributed by atoms with E-state index in [0.29, 0.717) is 24.2 Å². The van der Waals surface area contributed by atoms with E-state index in [4.69, 9.17) is 0 Å². The Labute approximate surface area is 147 Å². The van der Waals surface area contributed by atoms with Crippen LogP contribution in [0.25, 0.3) is 11.3 Å². The summed E-state index contributed by atoms with van der Waals surface area (Å²) in [5.41, 5.74) is 3.03. The molecule has 5 heteroatoms. The summed E-state index contributed by atoms with van der Waals surface area (Å²) >= 11 is 0. The molecule has 3 rings (SSSR count). The van der Waals surface area contributed by atoms with Crippen molar-refractivity contribution in [1.82, 2.24) is 9.88 Å². The van der Waals surface area contributed by atoms with Crippen molar-refractivity contribution >= 4 is 11.9 Å². The third-order valence-electron chi connectivity index (χ3n) is 4.68. The fourth-order valence-electron chi connectivity index (χ4n) is 3.42. The highest BCUT2D eigenvalue weighted by Gasteiger charge is 2.32. The van der Waals surface area contributed by atoms with Crippen LogP contribution in [-0.4, -0.2) is 40.0 Å². The molecule has 25 heavy (non-hydrogen) atoms. The smallest absolute Gasteiger partial charge is 0.308 e. The van der Waals surface area contributed by atoms with Gasteiger partial charge in [0.15, 0.2) is 0 Å². The van der Waals surface area contributed by atoms with Crippen molar-refractivity contribution in [3.05, 3.63) is 53.7 Å². The molecule has 1 aromatic carbocycles. The first kappa shape index (κ1) is 17.1. The number of hydrogen-bond acceptors (Lipinski definition) is 3. The number of aromatic nitrogens is 1. The maximum Gasteiger partial charge on any atom is 0.308 e. The number of pyridine rings is 1. The lowest BCUT2D eigenvalue weighted by atomic mass is 9.90. The summed E-state index contributed by atoms with van der Waals surface area (Å²) in [6.07, 6.45) is 0.614. The van der Waals surface area contributed by atoms with Crippen molar-refractivity contribution in [1.29, 1.82) is 0 Å². The van der Waals surface area contributed by atoms with Gasteiger partial charge in [-0.2, -0.15) is 0 Å². The van der Waals surface area contributed by atoms with Crippen LogP contribution in [0, 0.1) is 18.8 Å². The van der Waals surface area contributed by atoms with Crippen LogP contribution in [0.15, 0.2) is 42.5 Å². The van der Waals surface area contributed by atoms with Crippen molar-refractivity contribution in [3.8, 4) is 11.3 Å². The first-order chi connectivity index (χ1) is 12.0. The molecule has 1 amide bonds. The number of rotatable bonds is 3. The molecule has 2 unspecified atom stereocenters. The lowest BCUT2D eigenvalue weighted by molar-refractivity contribution is -0.143. The summed E-state index contributed by atoms with van der Waals surface area (Å²) in [5, 5.41) is 9.29. The highest BCUT2D eigenvalue weighted by Crippen LogP contribution is 2.25. The molecule has 0 aliphatic carbocycles. The Balaban J connectivity index is 1.84. The summed E-state index contributed by atoms with van der Waals surface area (Å²) in [7, 11) is 0. The Morgan fingerprint density at radius 1 is 1.12 bits per heavy atom. The van der Waals surface area contributed by atoms with Crippen molar-refractivity contribution < 1.29 is 14.7 Å². The van der Waals surface area contributed by atoms with Gasteiger partial charge >= 0.3 is 5.97 Å². The van der Waals surface area contributed by atoms with Crippen LogP contribution in [0.5, 0.6) is 0 Å². The molecule has 0 bridgehead atoms. The average molecular weight is 338 g/mol. The number of carboxylic acids is 1. The largest absolute Gasteiger partial charge is 0.481 e. The molecule has 0 saturated carbocycles. The van der Waals surface area contributed by atoms with Crippen LogP contribution in [0.3, 0.4) is 0 Å². The maximum absolute atomic E-state index is 12.9. The van der Waals surface area contributed by atoms with Crippen molar-refractivity contribution in [3.63, 3.8) is 0 Å². The van der Waals surface area contributed by atoms with Crippen LogP contribution in [-0.2, 0) is 4.79 Å². The molecule has 130 valence electrons. The summed E-state index contributed by atoms with van der Waals surface area (Å²) < 4.78 is 0.